The van der Waals surface area contributed by atoms with E-state index in [1.54, 1.807) is 7.11 Å². The maximum atomic E-state index is 12.0. The van der Waals surface area contributed by atoms with E-state index in [0.717, 1.165) is 16.5 Å². The number of hydrogen-bond acceptors (Lipinski definition) is 3. The Balaban J connectivity index is 1.83. The molecule has 0 saturated carbocycles. The van der Waals surface area contributed by atoms with Gasteiger partial charge in [0, 0.05) is 4.47 Å². The quantitative estimate of drug-likeness (QED) is 0.742. The summed E-state index contributed by atoms with van der Waals surface area (Å²) in [6.45, 7) is 2.44. The molecule has 0 spiro atoms. The van der Waals surface area contributed by atoms with Crippen molar-refractivity contribution < 1.29 is 14.3 Å². The normalized spacial score (nSPS) is 10.4. The van der Waals surface area contributed by atoms with Gasteiger partial charge < -0.3 is 14.8 Å². The summed E-state index contributed by atoms with van der Waals surface area (Å²) in [6.07, 6.45) is 0.786. The topological polar surface area (TPSA) is 47.6 Å². The van der Waals surface area contributed by atoms with Gasteiger partial charge in [-0.15, -0.1) is 0 Å². The van der Waals surface area contributed by atoms with Crippen molar-refractivity contribution in [2.24, 2.45) is 0 Å². The van der Waals surface area contributed by atoms with Gasteiger partial charge in [0.05, 0.1) is 19.4 Å². The predicted molar refractivity (Wildman–Crippen MR) is 95.0 cm³/mol. The SMILES string of the molecule is COc1cc(Br)cc(C)c1NC(=O)COCCc1ccccc1. The van der Waals surface area contributed by atoms with Crippen LogP contribution in [0.15, 0.2) is 46.9 Å². The number of ether oxygens (including phenoxy) is 2. The van der Waals surface area contributed by atoms with Crippen molar-refractivity contribution >= 4 is 27.5 Å². The van der Waals surface area contributed by atoms with Crippen LogP contribution in [0.5, 0.6) is 5.75 Å². The second-order valence-electron chi connectivity index (χ2n) is 5.14. The fourth-order valence-electron chi connectivity index (χ4n) is 2.21. The van der Waals surface area contributed by atoms with E-state index in [0.29, 0.717) is 18.0 Å². The molecule has 2 aromatic carbocycles. The number of hydrogen-bond donors (Lipinski definition) is 1. The molecule has 2 aromatic rings. The number of halogens is 1. The first kappa shape index (κ1) is 17.5. The molecule has 1 N–H and O–H groups in total. The minimum atomic E-state index is -0.193. The third-order valence-corrected chi connectivity index (χ3v) is 3.82. The van der Waals surface area contributed by atoms with Gasteiger partial charge in [0.25, 0.3) is 0 Å². The number of rotatable bonds is 7. The number of carbonyl (C=O) groups is 1. The number of benzene rings is 2. The van der Waals surface area contributed by atoms with Gasteiger partial charge in [-0.1, -0.05) is 46.3 Å². The lowest BCUT2D eigenvalue weighted by Gasteiger charge is -2.14. The van der Waals surface area contributed by atoms with Gasteiger partial charge in [-0.3, -0.25) is 4.79 Å². The molecule has 0 aliphatic carbocycles. The molecular formula is C18H20BrNO3. The maximum absolute atomic E-state index is 12.0. The lowest BCUT2D eigenvalue weighted by Crippen LogP contribution is -2.20. The molecule has 2 rings (SSSR count). The van der Waals surface area contributed by atoms with Crippen molar-refractivity contribution in [2.45, 2.75) is 13.3 Å². The van der Waals surface area contributed by atoms with Crippen molar-refractivity contribution in [1.82, 2.24) is 0 Å². The Morgan fingerprint density at radius 3 is 2.65 bits per heavy atom. The molecule has 5 heteroatoms. The van der Waals surface area contributed by atoms with E-state index < -0.39 is 0 Å². The Hall–Kier alpha value is -1.85. The summed E-state index contributed by atoms with van der Waals surface area (Å²) in [6, 6.07) is 13.8. The number of carbonyl (C=O) groups excluding carboxylic acids is 1. The van der Waals surface area contributed by atoms with Gasteiger partial charge in [0.1, 0.15) is 12.4 Å². The summed E-state index contributed by atoms with van der Waals surface area (Å²) in [5, 5.41) is 2.85. The van der Waals surface area contributed by atoms with Crippen LogP contribution in [-0.2, 0) is 16.0 Å². The summed E-state index contributed by atoms with van der Waals surface area (Å²) in [7, 11) is 1.58. The molecule has 0 radical (unpaired) electrons. The zero-order valence-corrected chi connectivity index (χ0v) is 14.9. The van der Waals surface area contributed by atoms with Gasteiger partial charge in [-0.05, 0) is 36.6 Å². The second kappa shape index (κ2) is 8.70. The summed E-state index contributed by atoms with van der Waals surface area (Å²) < 4.78 is 11.7. The Labute approximate surface area is 144 Å². The molecule has 0 bridgehead atoms. The molecule has 0 aliphatic rings. The molecule has 4 nitrogen and oxygen atoms in total. The molecule has 23 heavy (non-hydrogen) atoms. The maximum Gasteiger partial charge on any atom is 0.250 e. The fraction of sp³-hybridized carbons (Fsp3) is 0.278. The molecule has 0 atom stereocenters. The highest BCUT2D eigenvalue weighted by molar-refractivity contribution is 9.10. The number of amides is 1. The van der Waals surface area contributed by atoms with E-state index in [2.05, 4.69) is 21.2 Å². The van der Waals surface area contributed by atoms with Gasteiger partial charge in [-0.2, -0.15) is 0 Å². The molecule has 0 aromatic heterocycles. The van der Waals surface area contributed by atoms with Crippen molar-refractivity contribution in [3.63, 3.8) is 0 Å². The third kappa shape index (κ3) is 5.37. The summed E-state index contributed by atoms with van der Waals surface area (Å²) >= 11 is 3.41. The Kier molecular flexibility index (Phi) is 6.62. The summed E-state index contributed by atoms with van der Waals surface area (Å²) in [5.74, 6) is 0.427. The van der Waals surface area contributed by atoms with Gasteiger partial charge >= 0.3 is 0 Å². The highest BCUT2D eigenvalue weighted by atomic mass is 79.9. The zero-order valence-electron chi connectivity index (χ0n) is 13.3. The van der Waals surface area contributed by atoms with E-state index in [1.807, 2.05) is 49.4 Å². The van der Waals surface area contributed by atoms with Gasteiger partial charge in [0.15, 0.2) is 0 Å². The number of anilines is 1. The molecular weight excluding hydrogens is 358 g/mol. The summed E-state index contributed by atoms with van der Waals surface area (Å²) in [5.41, 5.74) is 2.79. The highest BCUT2D eigenvalue weighted by Crippen LogP contribution is 2.31. The van der Waals surface area contributed by atoms with Crippen LogP contribution in [0.1, 0.15) is 11.1 Å². The van der Waals surface area contributed by atoms with Gasteiger partial charge in [0.2, 0.25) is 5.91 Å². The van der Waals surface area contributed by atoms with Crippen molar-refractivity contribution in [3.8, 4) is 5.75 Å². The van der Waals surface area contributed by atoms with E-state index in [-0.39, 0.29) is 12.5 Å². The standard InChI is InChI=1S/C18H20BrNO3/c1-13-10-15(19)11-16(22-2)18(13)20-17(21)12-23-9-8-14-6-4-3-5-7-14/h3-7,10-11H,8-9,12H2,1-2H3,(H,20,21). The first-order valence-corrected chi connectivity index (χ1v) is 8.15. The largest absolute Gasteiger partial charge is 0.495 e. The van der Waals surface area contributed by atoms with Crippen LogP contribution in [0.4, 0.5) is 5.69 Å². The number of aryl methyl sites for hydroxylation is 1. The zero-order chi connectivity index (χ0) is 16.7. The molecule has 122 valence electrons. The van der Waals surface area contributed by atoms with Crippen LogP contribution in [0.2, 0.25) is 0 Å². The molecule has 0 saturated heterocycles. The van der Waals surface area contributed by atoms with Crippen LogP contribution >= 0.6 is 15.9 Å². The van der Waals surface area contributed by atoms with E-state index in [4.69, 9.17) is 9.47 Å². The lowest BCUT2D eigenvalue weighted by molar-refractivity contribution is -0.120. The molecule has 0 unspecified atom stereocenters. The van der Waals surface area contributed by atoms with Crippen molar-refractivity contribution in [1.29, 1.82) is 0 Å². The average molecular weight is 378 g/mol. The summed E-state index contributed by atoms with van der Waals surface area (Å²) in [4.78, 5) is 12.0. The minimum absolute atomic E-state index is 0.0193. The highest BCUT2D eigenvalue weighted by Gasteiger charge is 2.11. The number of nitrogens with one attached hydrogen (secondary N) is 1. The van der Waals surface area contributed by atoms with Crippen LogP contribution < -0.4 is 10.1 Å². The molecule has 0 heterocycles. The Morgan fingerprint density at radius 2 is 1.96 bits per heavy atom. The van der Waals surface area contributed by atoms with Crippen LogP contribution in [0, 0.1) is 6.92 Å². The molecule has 0 fully saturated rings. The molecule has 1 amide bonds. The molecule has 0 aliphatic heterocycles. The number of methoxy groups -OCH3 is 1. The Bertz CT molecular complexity index is 659. The van der Waals surface area contributed by atoms with Crippen LogP contribution in [-0.4, -0.2) is 26.2 Å². The fourth-order valence-corrected chi connectivity index (χ4v) is 2.76. The van der Waals surface area contributed by atoms with Crippen molar-refractivity contribution in [3.05, 3.63) is 58.1 Å². The van der Waals surface area contributed by atoms with E-state index >= 15 is 0 Å². The van der Waals surface area contributed by atoms with Crippen molar-refractivity contribution in [2.75, 3.05) is 25.6 Å². The average Bonchev–Trinajstić information content (AvgIpc) is 2.55. The minimum Gasteiger partial charge on any atom is -0.495 e. The Morgan fingerprint density at radius 1 is 1.22 bits per heavy atom. The smallest absolute Gasteiger partial charge is 0.250 e. The van der Waals surface area contributed by atoms with Crippen LogP contribution in [0.25, 0.3) is 0 Å². The van der Waals surface area contributed by atoms with Crippen LogP contribution in [0.3, 0.4) is 0 Å². The van der Waals surface area contributed by atoms with E-state index in [9.17, 15) is 4.79 Å². The van der Waals surface area contributed by atoms with Gasteiger partial charge in [-0.25, -0.2) is 0 Å². The first-order valence-electron chi connectivity index (χ1n) is 7.36. The van der Waals surface area contributed by atoms with E-state index in [1.165, 1.54) is 5.56 Å². The second-order valence-corrected chi connectivity index (χ2v) is 6.05. The third-order valence-electron chi connectivity index (χ3n) is 3.36. The monoisotopic (exact) mass is 377 g/mol. The predicted octanol–water partition coefficient (Wildman–Crippen LogP) is 3.96. The first-order chi connectivity index (χ1) is 11.1. The lowest BCUT2D eigenvalue weighted by atomic mass is 10.2.